The van der Waals surface area contributed by atoms with Crippen molar-refractivity contribution in [1.82, 2.24) is 10.2 Å². The molecule has 1 unspecified atom stereocenters. The fourth-order valence-corrected chi connectivity index (χ4v) is 3.79. The zero-order valence-corrected chi connectivity index (χ0v) is 15.7. The van der Waals surface area contributed by atoms with Crippen molar-refractivity contribution in [3.05, 3.63) is 35.9 Å². The number of piperidine rings is 1. The predicted octanol–water partition coefficient (Wildman–Crippen LogP) is 3.64. The minimum absolute atomic E-state index is 0.228. The molecule has 0 aliphatic carbocycles. The summed E-state index contributed by atoms with van der Waals surface area (Å²) in [6, 6.07) is 10.2. The number of carbonyl (C=O) groups excluding carboxylic acids is 1. The number of hydrogen-bond donors (Lipinski definition) is 1. The van der Waals surface area contributed by atoms with Gasteiger partial charge in [0.2, 0.25) is 0 Å². The van der Waals surface area contributed by atoms with Crippen molar-refractivity contribution in [2.45, 2.75) is 51.4 Å². The third-order valence-corrected chi connectivity index (χ3v) is 5.71. The van der Waals surface area contributed by atoms with Gasteiger partial charge in [-0.15, -0.1) is 0 Å². The molecule has 0 spiro atoms. The molecule has 1 N–H and O–H groups in total. The van der Waals surface area contributed by atoms with E-state index in [0.717, 1.165) is 31.8 Å². The Kier molecular flexibility index (Phi) is 7.44. The van der Waals surface area contributed by atoms with E-state index in [9.17, 15) is 4.79 Å². The van der Waals surface area contributed by atoms with Crippen LogP contribution in [0.25, 0.3) is 0 Å². The van der Waals surface area contributed by atoms with Gasteiger partial charge < -0.3 is 10.2 Å². The lowest BCUT2D eigenvalue weighted by molar-refractivity contribution is -0.124. The summed E-state index contributed by atoms with van der Waals surface area (Å²) in [6.07, 6.45) is 6.07. The van der Waals surface area contributed by atoms with E-state index in [2.05, 4.69) is 36.3 Å². The standard InChI is InChI=1S/C14H19NO.C7H15N/c1-12(16)14(8-10-15(2)11-9-14)13-6-4-3-5-7-13;1-7-3-2-5-8-6-4-7/h3-7H,8-11H2,1-2H3;7-8H,2-6H2,1H3. The van der Waals surface area contributed by atoms with Gasteiger partial charge in [-0.25, -0.2) is 0 Å². The molecule has 0 saturated carbocycles. The van der Waals surface area contributed by atoms with Crippen LogP contribution in [0.1, 0.15) is 51.5 Å². The van der Waals surface area contributed by atoms with Gasteiger partial charge in [-0.2, -0.15) is 0 Å². The highest BCUT2D eigenvalue weighted by molar-refractivity contribution is 5.88. The van der Waals surface area contributed by atoms with Gasteiger partial charge in [-0.05, 0) is 83.7 Å². The van der Waals surface area contributed by atoms with Crippen molar-refractivity contribution >= 4 is 5.78 Å². The van der Waals surface area contributed by atoms with Crippen LogP contribution in [0, 0.1) is 5.92 Å². The number of nitrogens with one attached hydrogen (secondary N) is 1. The van der Waals surface area contributed by atoms with E-state index < -0.39 is 0 Å². The van der Waals surface area contributed by atoms with Crippen LogP contribution in [0.4, 0.5) is 0 Å². The topological polar surface area (TPSA) is 32.3 Å². The Bertz CT molecular complexity index is 484. The van der Waals surface area contributed by atoms with E-state index in [4.69, 9.17) is 0 Å². The summed E-state index contributed by atoms with van der Waals surface area (Å²) in [7, 11) is 2.12. The van der Waals surface area contributed by atoms with E-state index in [1.165, 1.54) is 37.9 Å². The second-order valence-corrected chi connectivity index (χ2v) is 7.59. The largest absolute Gasteiger partial charge is 0.317 e. The smallest absolute Gasteiger partial charge is 0.140 e. The Labute approximate surface area is 147 Å². The van der Waals surface area contributed by atoms with E-state index in [1.54, 1.807) is 6.92 Å². The number of carbonyl (C=O) groups is 1. The Balaban J connectivity index is 0.000000219. The van der Waals surface area contributed by atoms with Crippen LogP contribution < -0.4 is 5.32 Å². The summed E-state index contributed by atoms with van der Waals surface area (Å²) < 4.78 is 0. The second-order valence-electron chi connectivity index (χ2n) is 7.59. The number of benzene rings is 1. The Hall–Kier alpha value is -1.19. The molecule has 0 radical (unpaired) electrons. The average molecular weight is 331 g/mol. The molecule has 2 aliphatic rings. The highest BCUT2D eigenvalue weighted by Crippen LogP contribution is 2.35. The molecule has 1 atom stereocenters. The summed E-state index contributed by atoms with van der Waals surface area (Å²) in [5.74, 6) is 1.27. The first-order valence-electron chi connectivity index (χ1n) is 9.50. The highest BCUT2D eigenvalue weighted by atomic mass is 16.1. The predicted molar refractivity (Wildman–Crippen MR) is 101 cm³/mol. The maximum absolute atomic E-state index is 12.0. The second kappa shape index (κ2) is 9.33. The van der Waals surface area contributed by atoms with Gasteiger partial charge in [0, 0.05) is 0 Å². The first kappa shape index (κ1) is 19.1. The van der Waals surface area contributed by atoms with Gasteiger partial charge in [0.15, 0.2) is 0 Å². The molecule has 1 aromatic carbocycles. The van der Waals surface area contributed by atoms with Crippen LogP contribution in [-0.4, -0.2) is 43.9 Å². The van der Waals surface area contributed by atoms with Crippen LogP contribution in [0.2, 0.25) is 0 Å². The molecule has 0 amide bonds. The van der Waals surface area contributed by atoms with Crippen molar-refractivity contribution in [1.29, 1.82) is 0 Å². The van der Waals surface area contributed by atoms with E-state index in [0.29, 0.717) is 5.78 Å². The molecule has 2 heterocycles. The lowest BCUT2D eigenvalue weighted by atomic mass is 9.70. The van der Waals surface area contributed by atoms with E-state index >= 15 is 0 Å². The third-order valence-electron chi connectivity index (χ3n) is 5.71. The number of hydrogen-bond acceptors (Lipinski definition) is 3. The minimum atomic E-state index is -0.228. The van der Waals surface area contributed by atoms with Gasteiger partial charge in [-0.1, -0.05) is 37.3 Å². The number of likely N-dealkylation sites (tertiary alicyclic amines) is 1. The lowest BCUT2D eigenvalue weighted by Gasteiger charge is -2.39. The van der Waals surface area contributed by atoms with E-state index in [-0.39, 0.29) is 5.41 Å². The Morgan fingerprint density at radius 2 is 1.79 bits per heavy atom. The summed E-state index contributed by atoms with van der Waals surface area (Å²) >= 11 is 0. The van der Waals surface area contributed by atoms with Gasteiger partial charge in [-0.3, -0.25) is 4.79 Å². The quantitative estimate of drug-likeness (QED) is 0.898. The van der Waals surface area contributed by atoms with Crippen LogP contribution in [0.3, 0.4) is 0 Å². The van der Waals surface area contributed by atoms with Gasteiger partial charge in [0.05, 0.1) is 5.41 Å². The SMILES string of the molecule is CC(=O)C1(c2ccccc2)CCN(C)CC1.CC1CCCNCC1. The number of Topliss-reactive ketones (excluding diaryl/α,β-unsaturated/α-hetero) is 1. The van der Waals surface area contributed by atoms with Gasteiger partial charge in [0.1, 0.15) is 5.78 Å². The minimum Gasteiger partial charge on any atom is -0.317 e. The highest BCUT2D eigenvalue weighted by Gasteiger charge is 2.39. The summed E-state index contributed by atoms with van der Waals surface area (Å²) in [5.41, 5.74) is 0.962. The molecule has 3 nitrogen and oxygen atoms in total. The maximum atomic E-state index is 12.0. The molecule has 24 heavy (non-hydrogen) atoms. The molecule has 0 aromatic heterocycles. The first-order chi connectivity index (χ1) is 11.5. The summed E-state index contributed by atoms with van der Waals surface area (Å²) in [6.45, 7) is 8.57. The molecule has 2 aliphatic heterocycles. The Morgan fingerprint density at radius 1 is 1.12 bits per heavy atom. The van der Waals surface area contributed by atoms with E-state index in [1.807, 2.05) is 18.2 Å². The Morgan fingerprint density at radius 3 is 2.42 bits per heavy atom. The molecule has 134 valence electrons. The summed E-state index contributed by atoms with van der Waals surface area (Å²) in [5, 5.41) is 3.38. The number of ketones is 1. The molecular weight excluding hydrogens is 296 g/mol. The molecule has 3 rings (SSSR count). The molecule has 2 saturated heterocycles. The monoisotopic (exact) mass is 330 g/mol. The zero-order chi connectivity index (χ0) is 17.4. The fourth-order valence-electron chi connectivity index (χ4n) is 3.79. The van der Waals surface area contributed by atoms with Gasteiger partial charge in [0.25, 0.3) is 0 Å². The first-order valence-corrected chi connectivity index (χ1v) is 9.50. The molecular formula is C21H34N2O. The zero-order valence-electron chi connectivity index (χ0n) is 15.7. The maximum Gasteiger partial charge on any atom is 0.140 e. The number of rotatable bonds is 2. The van der Waals surface area contributed by atoms with Crippen LogP contribution >= 0.6 is 0 Å². The normalized spacial score (nSPS) is 24.4. The van der Waals surface area contributed by atoms with Crippen molar-refractivity contribution in [3.63, 3.8) is 0 Å². The molecule has 1 aromatic rings. The van der Waals surface area contributed by atoms with Crippen LogP contribution in [0.15, 0.2) is 30.3 Å². The summed E-state index contributed by atoms with van der Waals surface area (Å²) in [4.78, 5) is 14.3. The van der Waals surface area contributed by atoms with Gasteiger partial charge >= 0.3 is 0 Å². The fraction of sp³-hybridized carbons (Fsp3) is 0.667. The molecule has 0 bridgehead atoms. The van der Waals surface area contributed by atoms with Crippen molar-refractivity contribution < 1.29 is 4.79 Å². The lowest BCUT2D eigenvalue weighted by Crippen LogP contribution is -2.45. The third kappa shape index (κ3) is 5.15. The van der Waals surface area contributed by atoms with Crippen LogP contribution in [0.5, 0.6) is 0 Å². The average Bonchev–Trinajstić information content (AvgIpc) is 2.84. The molecule has 3 heteroatoms. The van der Waals surface area contributed by atoms with Crippen molar-refractivity contribution in [2.24, 2.45) is 5.92 Å². The van der Waals surface area contributed by atoms with Crippen molar-refractivity contribution in [3.8, 4) is 0 Å². The number of nitrogens with zero attached hydrogens (tertiary/aromatic N) is 1. The van der Waals surface area contributed by atoms with Crippen molar-refractivity contribution in [2.75, 3.05) is 33.2 Å². The van der Waals surface area contributed by atoms with Crippen LogP contribution in [-0.2, 0) is 10.2 Å². The molecule has 2 fully saturated rings.